The molecule has 0 saturated carbocycles. The molecular weight excluding hydrogens is 1030 g/mol. The Hall–Kier alpha value is -11.2. The van der Waals surface area contributed by atoms with Gasteiger partial charge in [-0.2, -0.15) is 0 Å². The highest BCUT2D eigenvalue weighted by Gasteiger charge is 2.49. The number of anilines is 6. The Morgan fingerprint density at radius 3 is 0.953 bits per heavy atom. The van der Waals surface area contributed by atoms with E-state index in [9.17, 15) is 0 Å². The van der Waals surface area contributed by atoms with Gasteiger partial charge >= 0.3 is 0 Å². The van der Waals surface area contributed by atoms with Crippen molar-refractivity contribution in [3.63, 3.8) is 0 Å². The van der Waals surface area contributed by atoms with Gasteiger partial charge in [-0.05, 0) is 127 Å². The van der Waals surface area contributed by atoms with E-state index in [1.165, 1.54) is 44.5 Å². The second-order valence-corrected chi connectivity index (χ2v) is 22.2. The van der Waals surface area contributed by atoms with Crippen molar-refractivity contribution in [1.29, 1.82) is 0 Å². The first-order valence-electron chi connectivity index (χ1n) is 29.1. The molecular formula is C81H52N2O2. The summed E-state index contributed by atoms with van der Waals surface area (Å²) in [4.78, 5) is 4.90. The van der Waals surface area contributed by atoms with E-state index in [1.807, 2.05) is 0 Å². The summed E-state index contributed by atoms with van der Waals surface area (Å²) in [6.45, 7) is 0. The van der Waals surface area contributed by atoms with Gasteiger partial charge in [-0.15, -0.1) is 0 Å². The topological polar surface area (TPSA) is 32.8 Å². The number of nitrogens with zero attached hydrogens (tertiary/aromatic N) is 2. The van der Waals surface area contributed by atoms with Gasteiger partial charge in [0.2, 0.25) is 0 Å². The van der Waals surface area contributed by atoms with Crippen molar-refractivity contribution in [2.24, 2.45) is 0 Å². The van der Waals surface area contributed by atoms with Crippen LogP contribution in [0.2, 0.25) is 0 Å². The second kappa shape index (κ2) is 19.5. The van der Waals surface area contributed by atoms with Crippen LogP contribution in [0.15, 0.2) is 324 Å². The number of rotatable bonds is 10. The van der Waals surface area contributed by atoms with Crippen LogP contribution in [-0.4, -0.2) is 0 Å². The summed E-state index contributed by atoms with van der Waals surface area (Å²) < 4.78 is 14.0. The van der Waals surface area contributed by atoms with Crippen LogP contribution in [0.4, 0.5) is 34.1 Å². The van der Waals surface area contributed by atoms with Crippen molar-refractivity contribution in [3.8, 4) is 33.4 Å². The van der Waals surface area contributed by atoms with Crippen LogP contribution in [0.3, 0.4) is 0 Å². The lowest BCUT2D eigenvalue weighted by Gasteiger charge is -2.36. The van der Waals surface area contributed by atoms with Crippen molar-refractivity contribution < 1.29 is 8.83 Å². The fraction of sp³-hybridized carbons (Fsp3) is 0.0123. The van der Waals surface area contributed by atoms with E-state index in [0.29, 0.717) is 0 Å². The molecule has 17 rings (SSSR count). The molecule has 4 heteroatoms. The fourth-order valence-corrected chi connectivity index (χ4v) is 14.0. The SMILES string of the molecule is c1ccc(-c2ccc(N(c3cc4c(c5ccccc35)-c3c(cc(N(c5ccc(-c6ccccc6)cc5)c5cccc6c5oc5ccccc56)c5ccccc35)C4(c3ccccc3)c3ccccc3)c3cccc4c3oc3ccccc34)cc2)cc1. The van der Waals surface area contributed by atoms with Crippen LogP contribution in [0, 0.1) is 0 Å². The van der Waals surface area contributed by atoms with Gasteiger partial charge in [-0.25, -0.2) is 0 Å². The molecule has 0 bridgehead atoms. The molecule has 14 aromatic carbocycles. The Balaban J connectivity index is 0.993. The summed E-state index contributed by atoms with van der Waals surface area (Å²) in [6.07, 6.45) is 0. The molecule has 0 N–H and O–H groups in total. The van der Waals surface area contributed by atoms with Crippen LogP contribution in [0.25, 0.3) is 98.8 Å². The zero-order chi connectivity index (χ0) is 56.0. The normalized spacial score (nSPS) is 12.6. The molecule has 2 heterocycles. The van der Waals surface area contributed by atoms with Gasteiger partial charge in [-0.1, -0.05) is 255 Å². The molecule has 398 valence electrons. The summed E-state index contributed by atoms with van der Waals surface area (Å²) in [5, 5.41) is 8.86. The maximum absolute atomic E-state index is 7.01. The number of para-hydroxylation sites is 4. The van der Waals surface area contributed by atoms with Crippen molar-refractivity contribution >= 4 is 99.5 Å². The number of hydrogen-bond acceptors (Lipinski definition) is 4. The Labute approximate surface area is 492 Å². The minimum absolute atomic E-state index is 0.827. The van der Waals surface area contributed by atoms with E-state index in [2.05, 4.69) is 325 Å². The average molecular weight is 1090 g/mol. The van der Waals surface area contributed by atoms with Crippen molar-refractivity contribution in [3.05, 3.63) is 338 Å². The van der Waals surface area contributed by atoms with Gasteiger partial charge in [0, 0.05) is 43.7 Å². The molecule has 0 amide bonds. The minimum Gasteiger partial charge on any atom is -0.454 e. The molecule has 85 heavy (non-hydrogen) atoms. The molecule has 0 atom stereocenters. The third-order valence-electron chi connectivity index (χ3n) is 17.7. The summed E-state index contributed by atoms with van der Waals surface area (Å²) in [5.41, 5.74) is 20.3. The first kappa shape index (κ1) is 48.5. The van der Waals surface area contributed by atoms with Crippen molar-refractivity contribution in [1.82, 2.24) is 0 Å². The molecule has 0 saturated heterocycles. The average Bonchev–Trinajstić information content (AvgIpc) is 1.58. The monoisotopic (exact) mass is 1080 g/mol. The highest BCUT2D eigenvalue weighted by molar-refractivity contribution is 6.20. The predicted molar refractivity (Wildman–Crippen MR) is 354 cm³/mol. The van der Waals surface area contributed by atoms with Crippen LogP contribution in [0.5, 0.6) is 0 Å². The molecule has 16 aromatic rings. The van der Waals surface area contributed by atoms with Gasteiger partial charge in [0.1, 0.15) is 11.2 Å². The summed E-state index contributed by atoms with van der Waals surface area (Å²) in [7, 11) is 0. The molecule has 0 fully saturated rings. The second-order valence-electron chi connectivity index (χ2n) is 22.2. The zero-order valence-corrected chi connectivity index (χ0v) is 46.2. The lowest BCUT2D eigenvalue weighted by Crippen LogP contribution is -2.29. The van der Waals surface area contributed by atoms with E-state index in [4.69, 9.17) is 8.83 Å². The first-order chi connectivity index (χ1) is 42.2. The Morgan fingerprint density at radius 2 is 0.553 bits per heavy atom. The van der Waals surface area contributed by atoms with E-state index < -0.39 is 5.41 Å². The van der Waals surface area contributed by atoms with Crippen LogP contribution in [0.1, 0.15) is 22.3 Å². The zero-order valence-electron chi connectivity index (χ0n) is 46.2. The third-order valence-corrected chi connectivity index (χ3v) is 17.7. The van der Waals surface area contributed by atoms with Gasteiger partial charge in [0.15, 0.2) is 11.2 Å². The number of benzene rings is 14. The smallest absolute Gasteiger partial charge is 0.159 e. The molecule has 0 aliphatic heterocycles. The third kappa shape index (κ3) is 7.49. The fourth-order valence-electron chi connectivity index (χ4n) is 14.0. The van der Waals surface area contributed by atoms with Gasteiger partial charge in [0.25, 0.3) is 0 Å². The lowest BCUT2D eigenvalue weighted by molar-refractivity contribution is 0.669. The van der Waals surface area contributed by atoms with E-state index in [1.54, 1.807) is 0 Å². The highest BCUT2D eigenvalue weighted by atomic mass is 16.3. The van der Waals surface area contributed by atoms with Crippen molar-refractivity contribution in [2.45, 2.75) is 5.41 Å². The summed E-state index contributed by atoms with van der Waals surface area (Å²) in [5.74, 6) is 0. The molecule has 0 radical (unpaired) electrons. The highest BCUT2D eigenvalue weighted by Crippen LogP contribution is 2.63. The minimum atomic E-state index is -0.854. The summed E-state index contributed by atoms with van der Waals surface area (Å²) in [6, 6.07) is 115. The lowest BCUT2D eigenvalue weighted by atomic mass is 9.67. The quantitative estimate of drug-likeness (QED) is 0.137. The number of furan rings is 2. The van der Waals surface area contributed by atoms with Crippen LogP contribution >= 0.6 is 0 Å². The maximum atomic E-state index is 7.01. The largest absolute Gasteiger partial charge is 0.454 e. The first-order valence-corrected chi connectivity index (χ1v) is 29.1. The van der Waals surface area contributed by atoms with Gasteiger partial charge in [-0.3, -0.25) is 0 Å². The number of fused-ring (bicyclic) bond motifs is 13. The Bertz CT molecular complexity index is 4890. The predicted octanol–water partition coefficient (Wildman–Crippen LogP) is 22.4. The molecule has 0 spiro atoms. The molecule has 1 aliphatic carbocycles. The Morgan fingerprint density at radius 1 is 0.235 bits per heavy atom. The summed E-state index contributed by atoms with van der Waals surface area (Å²) >= 11 is 0. The van der Waals surface area contributed by atoms with Crippen LogP contribution < -0.4 is 9.80 Å². The standard InChI is InChI=1S/C81H52N2O2/c1-5-23-53(24-6-1)55-43-47-59(48-44-55)82(71-39-21-37-67-63-33-17-19-41-75(63)84-79(67)71)73-51-69-77(65-35-15-13-31-61(65)73)78-66-36-16-14-32-62(66)74(52-70(78)81(69,57-27-9-3-10-28-57)58-29-11-4-12-30-58)83(60-49-45-56(46-50-60)54-25-7-2-8-26-54)72-40-22-38-68-64-34-18-20-42-76(64)85-80(68)72/h1-52H. The van der Waals surface area contributed by atoms with Crippen LogP contribution in [-0.2, 0) is 5.41 Å². The Kier molecular flexibility index (Phi) is 11.1. The number of hydrogen-bond donors (Lipinski definition) is 0. The molecule has 4 nitrogen and oxygen atoms in total. The van der Waals surface area contributed by atoms with E-state index >= 15 is 0 Å². The van der Waals surface area contributed by atoms with Crippen molar-refractivity contribution in [2.75, 3.05) is 9.80 Å². The molecule has 1 aliphatic rings. The molecule has 0 unspecified atom stereocenters. The maximum Gasteiger partial charge on any atom is 0.159 e. The van der Waals surface area contributed by atoms with E-state index in [0.717, 1.165) is 111 Å². The molecule has 2 aromatic heterocycles. The van der Waals surface area contributed by atoms with Gasteiger partial charge in [0.05, 0.1) is 28.2 Å². The van der Waals surface area contributed by atoms with E-state index in [-0.39, 0.29) is 0 Å². The van der Waals surface area contributed by atoms with Gasteiger partial charge < -0.3 is 18.6 Å².